The third kappa shape index (κ3) is 26.1. The van der Waals surface area contributed by atoms with E-state index < -0.39 is 185 Å². The number of ether oxygens (including phenoxy) is 20. The van der Waals surface area contributed by atoms with Crippen LogP contribution in [0.4, 0.5) is 0 Å². The lowest BCUT2D eigenvalue weighted by Gasteiger charge is -2.51. The summed E-state index contributed by atoms with van der Waals surface area (Å²) in [5.74, 6) is -5.33. The average molecular weight is 1810 g/mol. The zero-order valence-corrected chi connectivity index (χ0v) is 72.8. The Labute approximate surface area is 768 Å². The van der Waals surface area contributed by atoms with Gasteiger partial charge in [0.05, 0.1) is 80.7 Å². The largest absolute Gasteiger partial charge is 0.463 e. The summed E-state index contributed by atoms with van der Waals surface area (Å²) >= 11 is 0. The van der Waals surface area contributed by atoms with Crippen LogP contribution in [0.15, 0.2) is 339 Å². The Kier molecular flexibility index (Phi) is 34.4. The van der Waals surface area contributed by atoms with Crippen molar-refractivity contribution in [3.05, 3.63) is 405 Å². The van der Waals surface area contributed by atoms with Crippen molar-refractivity contribution in [2.45, 2.75) is 169 Å². The fraction of sp³-hybridized carbons (Fsp3) is 0.308. The van der Waals surface area contributed by atoms with Crippen molar-refractivity contribution in [2.75, 3.05) is 33.5 Å². The smallest absolute Gasteiger partial charge is 0.338 e. The maximum Gasteiger partial charge on any atom is 0.338 e. The van der Waals surface area contributed by atoms with E-state index >= 15 is 19.2 Å². The monoisotopic (exact) mass is 1810 g/mol. The minimum atomic E-state index is -2.18. The van der Waals surface area contributed by atoms with E-state index in [2.05, 4.69) is 10.0 Å². The van der Waals surface area contributed by atoms with Crippen LogP contribution >= 0.6 is 0 Å². The van der Waals surface area contributed by atoms with Crippen LogP contribution in [0, 0.1) is 0 Å². The minimum Gasteiger partial charge on any atom is -0.463 e. The summed E-state index contributed by atoms with van der Waals surface area (Å²) in [6.07, 6.45) is -31.0. The van der Waals surface area contributed by atoms with Crippen LogP contribution in [0.2, 0.25) is 0 Å². The van der Waals surface area contributed by atoms with Gasteiger partial charge in [0, 0.05) is 18.9 Å². The summed E-state index contributed by atoms with van der Waals surface area (Å²) in [6, 6.07) is 93.8. The number of esters is 6. The highest BCUT2D eigenvalue weighted by Gasteiger charge is 2.60. The van der Waals surface area contributed by atoms with E-state index in [0.29, 0.717) is 11.1 Å². The second kappa shape index (κ2) is 48.4. The highest BCUT2D eigenvalue weighted by Crippen LogP contribution is 2.42. The van der Waals surface area contributed by atoms with Crippen molar-refractivity contribution in [3.63, 3.8) is 0 Å². The van der Waals surface area contributed by atoms with Crippen LogP contribution in [-0.2, 0) is 139 Å². The van der Waals surface area contributed by atoms with Crippen LogP contribution in [0.5, 0.6) is 0 Å². The second-order valence-electron chi connectivity index (χ2n) is 31.7. The maximum atomic E-state index is 15.6. The third-order valence-electron chi connectivity index (χ3n) is 22.5. The molecule has 133 heavy (non-hydrogen) atoms. The molecule has 0 N–H and O–H groups in total. The van der Waals surface area contributed by atoms with E-state index in [1.807, 2.05) is 182 Å². The molecule has 4 heterocycles. The van der Waals surface area contributed by atoms with Gasteiger partial charge in [-0.1, -0.05) is 278 Å². The summed E-state index contributed by atoms with van der Waals surface area (Å²) < 4.78 is 138. The van der Waals surface area contributed by atoms with Gasteiger partial charge in [-0.3, -0.25) is 4.79 Å². The Bertz CT molecular complexity index is 5490. The highest BCUT2D eigenvalue weighted by molar-refractivity contribution is 5.92. The van der Waals surface area contributed by atoms with E-state index in [9.17, 15) is 15.1 Å². The molecular formula is C104H101N3O26. The van der Waals surface area contributed by atoms with Gasteiger partial charge in [-0.15, -0.1) is 0 Å². The van der Waals surface area contributed by atoms with Crippen LogP contribution in [0.1, 0.15) is 92.1 Å². The molecule has 0 bridgehead atoms. The molecule has 4 fully saturated rings. The van der Waals surface area contributed by atoms with Crippen molar-refractivity contribution >= 4 is 35.8 Å². The van der Waals surface area contributed by atoms with Gasteiger partial charge in [-0.2, -0.15) is 0 Å². The fourth-order valence-corrected chi connectivity index (χ4v) is 15.9. The van der Waals surface area contributed by atoms with E-state index in [-0.39, 0.29) is 67.5 Å². The molecule has 688 valence electrons. The molecule has 0 saturated carbocycles. The van der Waals surface area contributed by atoms with Crippen molar-refractivity contribution in [2.24, 2.45) is 5.11 Å². The Balaban J connectivity index is 0.893. The Hall–Kier alpha value is -13.0. The molecule has 4 aliphatic heterocycles. The van der Waals surface area contributed by atoms with E-state index in [0.717, 1.165) is 22.3 Å². The standard InChI is InChI=1S/C104H101N3O26/c1-68(108)116-65-81-86(118-60-71-40-18-5-19-41-71)91(129-98(111)77-52-30-11-31-53-77)94(121-63-74-46-24-8-25-47-74)103(126-81)132-87-80(64-115-58-69-36-14-3-15-37-69)124-101(114-2)84(106-107-105)89(87)133-104-95(131-100(113)79-56-34-13-35-57-79)92(130-99(112)78-54-32-12-33-55-78)88(128-97(110)76-50-28-10-29-51-76)83(127-104)67-123-102-93(120-62-73-44-22-7-23-45-73)90(119-61-72-42-20-6-21-43-72)85(117-59-70-38-16-4-17-39-70)82(125-102)66-122-96(109)75-48-26-9-27-49-75/h3-57,80-95,101-104H,58-67H2,1-2H3/t80-,81-,82-,83-,84-,85-,86-,87+,88-,89-,90+,91+,92+,93-,94-,95-,101+,102-,103-,104+/m1/s1. The molecule has 11 aromatic rings. The number of methoxy groups -OCH3 is 1. The summed E-state index contributed by atoms with van der Waals surface area (Å²) in [7, 11) is 1.29. The Morgan fingerprint density at radius 2 is 0.564 bits per heavy atom. The first-order chi connectivity index (χ1) is 65.3. The molecule has 29 heteroatoms. The molecule has 0 radical (unpaired) electrons. The van der Waals surface area contributed by atoms with E-state index in [1.165, 1.54) is 50.4 Å². The predicted octanol–water partition coefficient (Wildman–Crippen LogP) is 15.5. The normalized spacial score (nSPS) is 25.0. The molecule has 15 rings (SSSR count). The molecule has 0 unspecified atom stereocenters. The summed E-state index contributed by atoms with van der Waals surface area (Å²) in [4.78, 5) is 92.5. The van der Waals surface area contributed by atoms with Crippen molar-refractivity contribution in [3.8, 4) is 0 Å². The van der Waals surface area contributed by atoms with Crippen LogP contribution in [-0.4, -0.2) is 192 Å². The minimum absolute atomic E-state index is 0.000650. The van der Waals surface area contributed by atoms with Gasteiger partial charge in [0.2, 0.25) is 0 Å². The van der Waals surface area contributed by atoms with Gasteiger partial charge in [-0.05, 0) is 99.6 Å². The topological polar surface area (TPSA) is 336 Å². The maximum absolute atomic E-state index is 15.6. The molecule has 4 saturated heterocycles. The fourth-order valence-electron chi connectivity index (χ4n) is 15.9. The molecule has 29 nitrogen and oxygen atoms in total. The van der Waals surface area contributed by atoms with E-state index in [1.54, 1.807) is 115 Å². The first-order valence-electron chi connectivity index (χ1n) is 43.7. The highest BCUT2D eigenvalue weighted by atomic mass is 16.8. The van der Waals surface area contributed by atoms with Gasteiger partial charge < -0.3 is 94.7 Å². The van der Waals surface area contributed by atoms with Crippen LogP contribution in [0.3, 0.4) is 0 Å². The Morgan fingerprint density at radius 3 is 0.955 bits per heavy atom. The molecule has 20 atom stereocenters. The quantitative estimate of drug-likeness (QED) is 0.0113. The lowest BCUT2D eigenvalue weighted by atomic mass is 9.94. The van der Waals surface area contributed by atoms with Crippen LogP contribution in [0.25, 0.3) is 10.4 Å². The Morgan fingerprint density at radius 1 is 0.278 bits per heavy atom. The zero-order valence-electron chi connectivity index (χ0n) is 72.8. The molecule has 0 amide bonds. The van der Waals surface area contributed by atoms with Crippen molar-refractivity contribution in [1.82, 2.24) is 0 Å². The number of hydrogen-bond acceptors (Lipinski definition) is 27. The molecule has 11 aromatic carbocycles. The predicted molar refractivity (Wildman–Crippen MR) is 477 cm³/mol. The number of benzene rings is 11. The molecule has 0 spiro atoms. The second-order valence-corrected chi connectivity index (χ2v) is 31.7. The number of rotatable bonds is 41. The van der Waals surface area contributed by atoms with Gasteiger partial charge >= 0.3 is 35.8 Å². The zero-order chi connectivity index (χ0) is 91.9. The molecule has 0 aromatic heterocycles. The van der Waals surface area contributed by atoms with Gasteiger partial charge in [0.1, 0.15) is 86.4 Å². The third-order valence-corrected chi connectivity index (χ3v) is 22.5. The number of carbonyl (C=O) groups is 6. The van der Waals surface area contributed by atoms with Crippen molar-refractivity contribution in [1.29, 1.82) is 0 Å². The van der Waals surface area contributed by atoms with Crippen molar-refractivity contribution < 1.29 is 124 Å². The summed E-state index contributed by atoms with van der Waals surface area (Å²) in [5.41, 5.74) is 15.7. The first kappa shape index (κ1) is 94.6. The lowest BCUT2D eigenvalue weighted by molar-refractivity contribution is -0.379. The van der Waals surface area contributed by atoms with Crippen LogP contribution < -0.4 is 0 Å². The van der Waals surface area contributed by atoms with Gasteiger partial charge in [-0.25, -0.2) is 24.0 Å². The van der Waals surface area contributed by atoms with E-state index in [4.69, 9.17) is 94.7 Å². The summed E-state index contributed by atoms with van der Waals surface area (Å²) in [5, 5.41) is 4.36. The molecule has 4 aliphatic rings. The SMILES string of the molecule is CO[C@H]1O[C@H](COCc2ccccc2)[C@H](O[C@H]2O[C@H](COC(C)=O)[C@@H](OCc3ccccc3)[C@H](OC(=O)c3ccccc3)[C@H]2OCc2ccccc2)[C@H](O[C@@H]2O[C@H](CO[C@@H]3O[C@H](COC(=O)c4ccccc4)[C@@H](OCc4ccccc4)[C@H](OCc4ccccc4)[C@H]3OCc3ccccc3)[C@@H](OC(=O)c3ccccc3)[C@H](OC(=O)c3ccccc3)[C@H]2OC(=O)c2ccccc2)[C@H]1N=[N+]=[N-]. The molecular weight excluding hydrogens is 1710 g/mol. The number of azide groups is 1. The number of nitrogens with zero attached hydrogens (tertiary/aromatic N) is 3. The van der Waals surface area contributed by atoms with Gasteiger partial charge in [0.25, 0.3) is 0 Å². The molecule has 0 aliphatic carbocycles. The number of carbonyl (C=O) groups excluding carboxylic acids is 6. The van der Waals surface area contributed by atoms with Gasteiger partial charge in [0.15, 0.2) is 49.6 Å². The first-order valence-corrected chi connectivity index (χ1v) is 43.7. The number of hydrogen-bond donors (Lipinski definition) is 0. The summed E-state index contributed by atoms with van der Waals surface area (Å²) in [6.45, 7) is -1.43. The lowest BCUT2D eigenvalue weighted by Crippen LogP contribution is -2.68. The average Bonchev–Trinajstić information content (AvgIpc) is 0.754.